The van der Waals surface area contributed by atoms with Crippen molar-refractivity contribution in [3.8, 4) is 11.4 Å². The van der Waals surface area contributed by atoms with Crippen LogP contribution in [0.15, 0.2) is 41.5 Å². The molecule has 0 saturated heterocycles. The Morgan fingerprint density at radius 3 is 3.10 bits per heavy atom. The molecule has 0 fully saturated rings. The number of H-pyrrole nitrogens is 1. The van der Waals surface area contributed by atoms with E-state index in [1.54, 1.807) is 16.8 Å². The van der Waals surface area contributed by atoms with Crippen LogP contribution in [0.2, 0.25) is 0 Å². The predicted molar refractivity (Wildman–Crippen MR) is 83.2 cm³/mol. The second-order valence-electron chi connectivity index (χ2n) is 4.98. The molecule has 4 nitrogen and oxygen atoms in total. The van der Waals surface area contributed by atoms with Crippen LogP contribution < -0.4 is 0 Å². The molecule has 6 heteroatoms. The fourth-order valence-electron chi connectivity index (χ4n) is 2.33. The zero-order valence-corrected chi connectivity index (χ0v) is 12.2. The molecular formula is C15H15FN4S. The van der Waals surface area contributed by atoms with Crippen LogP contribution in [-0.4, -0.2) is 21.1 Å². The average molecular weight is 302 g/mol. The van der Waals surface area contributed by atoms with Gasteiger partial charge in [0.15, 0.2) is 5.82 Å². The second-order valence-corrected chi connectivity index (χ2v) is 5.37. The summed E-state index contributed by atoms with van der Waals surface area (Å²) < 4.78 is 15.3. The molecule has 21 heavy (non-hydrogen) atoms. The van der Waals surface area contributed by atoms with Crippen LogP contribution >= 0.6 is 12.2 Å². The highest BCUT2D eigenvalue weighted by Crippen LogP contribution is 2.19. The van der Waals surface area contributed by atoms with Crippen molar-refractivity contribution in [1.29, 1.82) is 0 Å². The van der Waals surface area contributed by atoms with Crippen molar-refractivity contribution >= 4 is 18.4 Å². The third kappa shape index (κ3) is 3.16. The molecule has 3 rings (SSSR count). The summed E-state index contributed by atoms with van der Waals surface area (Å²) in [5.74, 6) is 0.614. The van der Waals surface area contributed by atoms with E-state index in [0.29, 0.717) is 22.1 Å². The van der Waals surface area contributed by atoms with Crippen LogP contribution in [0.25, 0.3) is 11.4 Å². The van der Waals surface area contributed by atoms with Crippen molar-refractivity contribution in [2.45, 2.75) is 19.3 Å². The van der Waals surface area contributed by atoms with E-state index in [0.717, 1.165) is 19.3 Å². The van der Waals surface area contributed by atoms with Gasteiger partial charge in [0.05, 0.1) is 0 Å². The smallest absolute Gasteiger partial charge is 0.216 e. The number of allylic oxidation sites excluding steroid dienone is 2. The van der Waals surface area contributed by atoms with E-state index in [-0.39, 0.29) is 5.82 Å². The molecule has 1 aromatic carbocycles. The Kier molecular flexibility index (Phi) is 4.06. The molecule has 0 spiro atoms. The molecular weight excluding hydrogens is 287 g/mol. The lowest BCUT2D eigenvalue weighted by atomic mass is 9.96. The van der Waals surface area contributed by atoms with Crippen molar-refractivity contribution in [2.24, 2.45) is 11.0 Å². The van der Waals surface area contributed by atoms with Gasteiger partial charge in [-0.1, -0.05) is 24.3 Å². The first kappa shape index (κ1) is 13.9. The van der Waals surface area contributed by atoms with Crippen molar-refractivity contribution in [2.75, 3.05) is 0 Å². The molecule has 0 unspecified atom stereocenters. The number of hydrogen-bond acceptors (Lipinski definition) is 3. The van der Waals surface area contributed by atoms with Gasteiger partial charge in [-0.2, -0.15) is 14.9 Å². The summed E-state index contributed by atoms with van der Waals surface area (Å²) in [4.78, 5) is 0. The van der Waals surface area contributed by atoms with E-state index in [1.165, 1.54) is 12.1 Å². The van der Waals surface area contributed by atoms with Crippen LogP contribution in [0.4, 0.5) is 4.39 Å². The molecule has 0 bridgehead atoms. The summed E-state index contributed by atoms with van der Waals surface area (Å²) in [6, 6.07) is 6.23. The normalized spacial score (nSPS) is 18.4. The SMILES string of the molecule is Fc1cccc(-c2n[nH]c(=S)n2/N=C\[C@@H]2CC=CCC2)c1. The molecule has 1 aliphatic carbocycles. The van der Waals surface area contributed by atoms with Gasteiger partial charge in [-0.15, -0.1) is 0 Å². The number of rotatable bonds is 3. The van der Waals surface area contributed by atoms with E-state index in [2.05, 4.69) is 27.5 Å². The minimum Gasteiger partial charge on any atom is -0.250 e. The Balaban J connectivity index is 1.92. The summed E-state index contributed by atoms with van der Waals surface area (Å²) in [5.41, 5.74) is 0.642. The Morgan fingerprint density at radius 2 is 2.33 bits per heavy atom. The summed E-state index contributed by atoms with van der Waals surface area (Å²) >= 11 is 5.20. The zero-order valence-electron chi connectivity index (χ0n) is 11.4. The minimum atomic E-state index is -0.311. The molecule has 1 atom stereocenters. The Morgan fingerprint density at radius 1 is 1.43 bits per heavy atom. The Hall–Kier alpha value is -2.08. The number of halogens is 1. The monoisotopic (exact) mass is 302 g/mol. The highest BCUT2D eigenvalue weighted by Gasteiger charge is 2.10. The van der Waals surface area contributed by atoms with Crippen molar-refractivity contribution < 1.29 is 4.39 Å². The lowest BCUT2D eigenvalue weighted by Gasteiger charge is -2.12. The molecule has 1 aromatic heterocycles. The summed E-state index contributed by atoms with van der Waals surface area (Å²) in [7, 11) is 0. The van der Waals surface area contributed by atoms with Crippen LogP contribution in [0.5, 0.6) is 0 Å². The molecule has 0 aliphatic heterocycles. The van der Waals surface area contributed by atoms with E-state index in [4.69, 9.17) is 12.2 Å². The van der Waals surface area contributed by atoms with Gasteiger partial charge in [-0.05, 0) is 49.5 Å². The van der Waals surface area contributed by atoms with Gasteiger partial charge in [-0.3, -0.25) is 0 Å². The molecule has 0 radical (unpaired) electrons. The number of nitrogens with one attached hydrogen (secondary N) is 1. The van der Waals surface area contributed by atoms with Gasteiger partial charge in [0.25, 0.3) is 0 Å². The van der Waals surface area contributed by atoms with Gasteiger partial charge in [-0.25, -0.2) is 9.49 Å². The van der Waals surface area contributed by atoms with Crippen LogP contribution in [0, 0.1) is 16.5 Å². The lowest BCUT2D eigenvalue weighted by molar-refractivity contribution is 0.621. The van der Waals surface area contributed by atoms with Crippen molar-refractivity contribution in [3.05, 3.63) is 47.0 Å². The first-order valence-corrected chi connectivity index (χ1v) is 7.28. The maximum absolute atomic E-state index is 13.3. The minimum absolute atomic E-state index is 0.311. The van der Waals surface area contributed by atoms with E-state index in [1.807, 2.05) is 6.21 Å². The van der Waals surface area contributed by atoms with Gasteiger partial charge in [0, 0.05) is 11.8 Å². The molecule has 1 N–H and O–H groups in total. The van der Waals surface area contributed by atoms with Gasteiger partial charge in [0.1, 0.15) is 5.82 Å². The van der Waals surface area contributed by atoms with Gasteiger partial charge in [0.2, 0.25) is 4.77 Å². The first-order valence-electron chi connectivity index (χ1n) is 6.87. The maximum Gasteiger partial charge on any atom is 0.216 e. The molecule has 108 valence electrons. The first-order chi connectivity index (χ1) is 10.2. The van der Waals surface area contributed by atoms with Crippen LogP contribution in [-0.2, 0) is 0 Å². The molecule has 0 saturated carbocycles. The standard InChI is InChI=1S/C15H15FN4S/c16-13-8-4-7-12(9-13)14-18-19-15(21)20(14)17-10-11-5-2-1-3-6-11/h1-2,4,7-11H,3,5-6H2,(H,19,21)/b17-10-/t11-/m1/s1. The summed E-state index contributed by atoms with van der Waals surface area (Å²) in [6.07, 6.45) is 9.40. The highest BCUT2D eigenvalue weighted by molar-refractivity contribution is 7.71. The number of aromatic nitrogens is 3. The van der Waals surface area contributed by atoms with E-state index < -0.39 is 0 Å². The summed E-state index contributed by atoms with van der Waals surface area (Å²) in [5, 5.41) is 11.3. The van der Waals surface area contributed by atoms with Gasteiger partial charge >= 0.3 is 0 Å². The van der Waals surface area contributed by atoms with Crippen molar-refractivity contribution in [3.63, 3.8) is 0 Å². The third-order valence-corrected chi connectivity index (χ3v) is 3.70. The van der Waals surface area contributed by atoms with Crippen LogP contribution in [0.3, 0.4) is 0 Å². The topological polar surface area (TPSA) is 46.0 Å². The van der Waals surface area contributed by atoms with E-state index in [9.17, 15) is 4.39 Å². The second kappa shape index (κ2) is 6.13. The predicted octanol–water partition coefficient (Wildman–Crippen LogP) is 3.94. The largest absolute Gasteiger partial charge is 0.250 e. The molecule has 1 aliphatic rings. The number of aromatic amines is 1. The van der Waals surface area contributed by atoms with E-state index >= 15 is 0 Å². The molecule has 2 aromatic rings. The van der Waals surface area contributed by atoms with Crippen molar-refractivity contribution in [1.82, 2.24) is 14.9 Å². The number of nitrogens with zero attached hydrogens (tertiary/aromatic N) is 3. The maximum atomic E-state index is 13.3. The average Bonchev–Trinajstić information content (AvgIpc) is 2.87. The number of hydrogen-bond donors (Lipinski definition) is 1. The fraction of sp³-hybridized carbons (Fsp3) is 0.267. The summed E-state index contributed by atoms with van der Waals surface area (Å²) in [6.45, 7) is 0. The molecule has 1 heterocycles. The van der Waals surface area contributed by atoms with Crippen LogP contribution in [0.1, 0.15) is 19.3 Å². The lowest BCUT2D eigenvalue weighted by Crippen LogP contribution is -2.05. The third-order valence-electron chi connectivity index (χ3n) is 3.44. The zero-order chi connectivity index (χ0) is 14.7. The van der Waals surface area contributed by atoms with Gasteiger partial charge < -0.3 is 0 Å². The number of benzene rings is 1. The Labute approximate surface area is 127 Å². The Bertz CT molecular complexity index is 744. The fourth-order valence-corrected chi connectivity index (χ4v) is 2.51. The highest BCUT2D eigenvalue weighted by atomic mass is 32.1. The molecule has 0 amide bonds. The quantitative estimate of drug-likeness (QED) is 0.530.